The summed E-state index contributed by atoms with van der Waals surface area (Å²) >= 11 is 6.11. The summed E-state index contributed by atoms with van der Waals surface area (Å²) in [5.41, 5.74) is 2.14. The van der Waals surface area contributed by atoms with Crippen LogP contribution in [0, 0.1) is 63.2 Å². The van der Waals surface area contributed by atoms with Crippen LogP contribution in [0.5, 0.6) is 0 Å². The summed E-state index contributed by atoms with van der Waals surface area (Å²) in [6, 6.07) is 8.01. The first-order valence-corrected chi connectivity index (χ1v) is 10.3. The Hall–Kier alpha value is -0.801. The van der Waals surface area contributed by atoms with Crippen molar-refractivity contribution in [2.45, 2.75) is 6.92 Å². The zero-order valence-corrected chi connectivity index (χ0v) is 19.6. The molecule has 2 aliphatic rings. The van der Waals surface area contributed by atoms with Crippen molar-refractivity contribution < 1.29 is 17.1 Å². The van der Waals surface area contributed by atoms with Gasteiger partial charge in [-0.3, -0.25) is 4.98 Å². The molecule has 0 saturated heterocycles. The third kappa shape index (κ3) is 7.12. The molecule has 5 heteroatoms. The van der Waals surface area contributed by atoms with Crippen molar-refractivity contribution in [1.29, 1.82) is 0 Å². The topological polar surface area (TPSA) is 19.4 Å². The molecular weight excluding hydrogens is 434 g/mol. The first-order chi connectivity index (χ1) is 14.1. The van der Waals surface area contributed by atoms with Crippen molar-refractivity contribution in [1.82, 2.24) is 9.88 Å². The standard InChI is InChI=1S/C20H23ClN3.C5H5.Fe/c1-4-24(14-16-7-5-6-15(16)13-23(2)3)20-10-11-22-19-12-17(21)8-9-18(19)20;1-2-4-5-3-1;/h5-12H,4,13-14H2,1-3H3;1-5H;/q;;+2. The Morgan fingerprint density at radius 2 is 1.50 bits per heavy atom. The zero-order valence-electron chi connectivity index (χ0n) is 17.7. The number of hydrogen-bond acceptors (Lipinski definition) is 3. The second-order valence-electron chi connectivity index (χ2n) is 7.28. The van der Waals surface area contributed by atoms with Gasteiger partial charge in [0.15, 0.2) is 0 Å². The fourth-order valence-electron chi connectivity index (χ4n) is 3.42. The molecule has 0 bridgehead atoms. The van der Waals surface area contributed by atoms with Gasteiger partial charge in [-0.25, -0.2) is 0 Å². The Morgan fingerprint density at radius 3 is 2.10 bits per heavy atom. The van der Waals surface area contributed by atoms with Gasteiger partial charge in [0, 0.05) is 53.8 Å². The Bertz CT molecular complexity index is 756. The van der Waals surface area contributed by atoms with Gasteiger partial charge in [0.05, 0.1) is 5.52 Å². The average molecular weight is 462 g/mol. The van der Waals surface area contributed by atoms with Crippen LogP contribution in [-0.2, 0) is 17.1 Å². The molecule has 1 heterocycles. The molecule has 0 atom stereocenters. The summed E-state index contributed by atoms with van der Waals surface area (Å²) in [4.78, 5) is 9.06. The largest absolute Gasteiger partial charge is 2.00 e. The molecule has 30 heavy (non-hydrogen) atoms. The molecule has 0 N–H and O–H groups in total. The molecule has 2 saturated carbocycles. The zero-order chi connectivity index (χ0) is 20.6. The second-order valence-corrected chi connectivity index (χ2v) is 7.72. The summed E-state index contributed by atoms with van der Waals surface area (Å²) < 4.78 is 0. The molecule has 0 amide bonds. The minimum absolute atomic E-state index is 0. The van der Waals surface area contributed by atoms with E-state index in [1.54, 1.807) is 0 Å². The van der Waals surface area contributed by atoms with E-state index in [4.69, 9.17) is 11.6 Å². The molecule has 0 unspecified atom stereocenters. The summed E-state index contributed by atoms with van der Waals surface area (Å²) in [6.45, 7) is 4.99. The van der Waals surface area contributed by atoms with E-state index in [2.05, 4.69) is 67.2 Å². The number of benzene rings is 1. The van der Waals surface area contributed by atoms with Gasteiger partial charge in [-0.05, 0) is 96.7 Å². The minimum atomic E-state index is 0. The van der Waals surface area contributed by atoms with Crippen molar-refractivity contribution in [3.8, 4) is 0 Å². The number of nitrogens with zero attached hydrogens (tertiary/aromatic N) is 3. The molecule has 2 fully saturated rings. The minimum Gasteiger partial charge on any atom is -0.371 e. The predicted octanol–water partition coefficient (Wildman–Crippen LogP) is 5.07. The van der Waals surface area contributed by atoms with Crippen molar-refractivity contribution in [2.75, 3.05) is 38.6 Å². The number of halogens is 1. The van der Waals surface area contributed by atoms with Crippen LogP contribution < -0.4 is 4.90 Å². The van der Waals surface area contributed by atoms with E-state index in [9.17, 15) is 0 Å². The molecule has 1 aromatic carbocycles. The first-order valence-electron chi connectivity index (χ1n) is 9.92. The number of hydrogen-bond donors (Lipinski definition) is 0. The molecule has 4 rings (SSSR count). The first kappa shape index (κ1) is 25.5. The van der Waals surface area contributed by atoms with Gasteiger partial charge in [-0.1, -0.05) is 11.6 Å². The van der Waals surface area contributed by atoms with Gasteiger partial charge in [-0.15, -0.1) is 0 Å². The van der Waals surface area contributed by atoms with E-state index in [-0.39, 0.29) is 17.1 Å². The number of aromatic nitrogens is 1. The van der Waals surface area contributed by atoms with E-state index in [1.165, 1.54) is 17.5 Å². The number of fused-ring (bicyclic) bond motifs is 1. The van der Waals surface area contributed by atoms with E-state index < -0.39 is 0 Å². The van der Waals surface area contributed by atoms with Crippen LogP contribution in [0.1, 0.15) is 6.92 Å². The average Bonchev–Trinajstić information content (AvgIpc) is 3.40. The molecule has 1 aromatic heterocycles. The fraction of sp³-hybridized carbons (Fsp3) is 0.240. The summed E-state index contributed by atoms with van der Waals surface area (Å²) in [5, 5.41) is 1.86. The van der Waals surface area contributed by atoms with E-state index in [0.717, 1.165) is 35.6 Å². The molecule has 2 aliphatic carbocycles. The molecule has 10 radical (unpaired) electrons. The van der Waals surface area contributed by atoms with Gasteiger partial charge < -0.3 is 9.80 Å². The number of pyridine rings is 1. The number of anilines is 1. The predicted molar refractivity (Wildman–Crippen MR) is 124 cm³/mol. The summed E-state index contributed by atoms with van der Waals surface area (Å²) in [6.07, 6.45) is 18.4. The maximum atomic E-state index is 6.11. The monoisotopic (exact) mass is 461 g/mol. The third-order valence-electron chi connectivity index (χ3n) is 4.81. The van der Waals surface area contributed by atoms with Gasteiger partial charge in [0.2, 0.25) is 0 Å². The molecule has 0 aliphatic heterocycles. The van der Waals surface area contributed by atoms with Gasteiger partial charge in [0.25, 0.3) is 0 Å². The van der Waals surface area contributed by atoms with Gasteiger partial charge in [-0.2, -0.15) is 0 Å². The maximum Gasteiger partial charge on any atom is 2.00 e. The van der Waals surface area contributed by atoms with Crippen molar-refractivity contribution in [3.63, 3.8) is 0 Å². The summed E-state index contributed by atoms with van der Waals surface area (Å²) in [5.74, 6) is 2.77. The van der Waals surface area contributed by atoms with Crippen molar-refractivity contribution >= 4 is 28.2 Å². The molecule has 0 spiro atoms. The van der Waals surface area contributed by atoms with Crippen LogP contribution in [0.15, 0.2) is 30.5 Å². The van der Waals surface area contributed by atoms with Crippen molar-refractivity contribution in [2.24, 2.45) is 0 Å². The fourth-order valence-corrected chi connectivity index (χ4v) is 3.59. The Labute approximate surface area is 199 Å². The van der Waals surface area contributed by atoms with Crippen LogP contribution in [-0.4, -0.2) is 43.6 Å². The molecular formula is C25H28ClFeN3+2. The van der Waals surface area contributed by atoms with Crippen LogP contribution in [0.25, 0.3) is 10.9 Å². The quantitative estimate of drug-likeness (QED) is 0.560. The van der Waals surface area contributed by atoms with Crippen LogP contribution in [0.3, 0.4) is 0 Å². The smallest absolute Gasteiger partial charge is 0.371 e. The summed E-state index contributed by atoms with van der Waals surface area (Å²) in [7, 11) is 4.21. The third-order valence-corrected chi connectivity index (χ3v) is 5.05. The Balaban J connectivity index is 0.000000468. The van der Waals surface area contributed by atoms with E-state index in [1.807, 2.05) is 50.4 Å². The van der Waals surface area contributed by atoms with Crippen molar-refractivity contribution in [3.05, 3.63) is 98.7 Å². The molecule has 2 aromatic rings. The SMILES string of the molecule is CCN(C[C]1[CH][CH][CH][C]1CN(C)C)c1ccnc2cc(Cl)ccc12.[CH]1[CH][CH][CH][CH]1.[Fe+2]. The van der Waals surface area contributed by atoms with Crippen LogP contribution in [0.2, 0.25) is 5.02 Å². The Kier molecular flexibility index (Phi) is 11.0. The van der Waals surface area contributed by atoms with Gasteiger partial charge >= 0.3 is 17.1 Å². The van der Waals surface area contributed by atoms with Gasteiger partial charge in [0.1, 0.15) is 0 Å². The number of rotatable bonds is 6. The van der Waals surface area contributed by atoms with Crippen LogP contribution >= 0.6 is 11.6 Å². The maximum absolute atomic E-state index is 6.11. The normalized spacial score (nSPS) is 17.1. The van der Waals surface area contributed by atoms with Crippen LogP contribution in [0.4, 0.5) is 5.69 Å². The Morgan fingerprint density at radius 1 is 0.867 bits per heavy atom. The second kappa shape index (κ2) is 12.9. The van der Waals surface area contributed by atoms with E-state index in [0.29, 0.717) is 0 Å². The molecule has 156 valence electrons. The van der Waals surface area contributed by atoms with E-state index >= 15 is 0 Å². The molecule has 3 nitrogen and oxygen atoms in total.